The van der Waals surface area contributed by atoms with E-state index in [1.54, 1.807) is 11.8 Å². The van der Waals surface area contributed by atoms with E-state index in [-0.39, 0.29) is 11.4 Å². The summed E-state index contributed by atoms with van der Waals surface area (Å²) in [7, 11) is 0. The van der Waals surface area contributed by atoms with Gasteiger partial charge in [-0.25, -0.2) is 0 Å². The Hall–Kier alpha value is -0.670. The average Bonchev–Trinajstić information content (AvgIpc) is 2.27. The predicted molar refractivity (Wildman–Crippen MR) is 74.7 cm³/mol. The summed E-state index contributed by atoms with van der Waals surface area (Å²) < 4.78 is 0. The van der Waals surface area contributed by atoms with Crippen molar-refractivity contribution in [2.45, 2.75) is 30.7 Å². The highest BCUT2D eigenvalue weighted by atomic mass is 35.5. The van der Waals surface area contributed by atoms with Gasteiger partial charge in [0.2, 0.25) is 5.91 Å². The first kappa shape index (κ1) is 14.4. The fraction of sp³-hybridized carbons (Fsp3) is 0.462. The minimum absolute atomic E-state index is 0.0500. The van der Waals surface area contributed by atoms with Gasteiger partial charge in [0.25, 0.3) is 0 Å². The summed E-state index contributed by atoms with van der Waals surface area (Å²) in [6, 6.07) is 9.91. The number of rotatable bonds is 6. The Balaban J connectivity index is 2.35. The number of benzene rings is 1. The van der Waals surface area contributed by atoms with E-state index in [0.29, 0.717) is 11.6 Å². The number of halogens is 1. The summed E-state index contributed by atoms with van der Waals surface area (Å²) in [4.78, 5) is 12.8. The van der Waals surface area contributed by atoms with Crippen LogP contribution in [-0.4, -0.2) is 23.1 Å². The van der Waals surface area contributed by atoms with Gasteiger partial charge in [-0.05, 0) is 32.4 Å². The standard InChI is InChI=1S/C13H18ClNOS/c1-13(2,8-9-14)15-12(16)10-17-11-6-4-3-5-7-11/h3-7H,8-10H2,1-2H3,(H,15,16). The molecule has 0 aliphatic heterocycles. The molecule has 0 spiro atoms. The van der Waals surface area contributed by atoms with Crippen LogP contribution in [0.3, 0.4) is 0 Å². The molecule has 0 atom stereocenters. The van der Waals surface area contributed by atoms with Gasteiger partial charge in [-0.3, -0.25) is 4.79 Å². The molecule has 0 aliphatic rings. The normalized spacial score (nSPS) is 11.2. The second-order valence-electron chi connectivity index (χ2n) is 4.47. The number of hydrogen-bond acceptors (Lipinski definition) is 2. The van der Waals surface area contributed by atoms with Crippen LogP contribution in [0.4, 0.5) is 0 Å². The van der Waals surface area contributed by atoms with Gasteiger partial charge in [-0.15, -0.1) is 23.4 Å². The van der Waals surface area contributed by atoms with Gasteiger partial charge in [0.05, 0.1) is 5.75 Å². The van der Waals surface area contributed by atoms with Crippen LogP contribution in [0.2, 0.25) is 0 Å². The first-order valence-corrected chi connectivity index (χ1v) is 7.10. The maximum Gasteiger partial charge on any atom is 0.230 e. The van der Waals surface area contributed by atoms with Crippen LogP contribution in [0.15, 0.2) is 35.2 Å². The van der Waals surface area contributed by atoms with Crippen molar-refractivity contribution in [1.82, 2.24) is 5.32 Å². The van der Waals surface area contributed by atoms with Gasteiger partial charge in [0.1, 0.15) is 0 Å². The topological polar surface area (TPSA) is 29.1 Å². The molecule has 0 fully saturated rings. The smallest absolute Gasteiger partial charge is 0.230 e. The highest BCUT2D eigenvalue weighted by molar-refractivity contribution is 8.00. The van der Waals surface area contributed by atoms with Crippen molar-refractivity contribution >= 4 is 29.3 Å². The van der Waals surface area contributed by atoms with Crippen molar-refractivity contribution in [1.29, 1.82) is 0 Å². The fourth-order valence-electron chi connectivity index (χ4n) is 1.38. The third-order valence-electron chi connectivity index (χ3n) is 2.31. The van der Waals surface area contributed by atoms with E-state index in [1.165, 1.54) is 0 Å². The highest BCUT2D eigenvalue weighted by Crippen LogP contribution is 2.17. The molecule has 17 heavy (non-hydrogen) atoms. The Morgan fingerprint density at radius 2 is 2.00 bits per heavy atom. The molecule has 1 N–H and O–H groups in total. The number of carbonyl (C=O) groups excluding carboxylic acids is 1. The minimum atomic E-state index is -0.226. The molecular formula is C13H18ClNOS. The third kappa shape index (κ3) is 5.99. The predicted octanol–water partition coefficient (Wildman–Crippen LogP) is 3.30. The number of amides is 1. The molecule has 1 aromatic carbocycles. The molecule has 0 saturated carbocycles. The lowest BCUT2D eigenvalue weighted by atomic mass is 10.0. The molecular weight excluding hydrogens is 254 g/mol. The van der Waals surface area contributed by atoms with E-state index in [0.717, 1.165) is 11.3 Å². The van der Waals surface area contributed by atoms with E-state index in [9.17, 15) is 4.79 Å². The molecule has 94 valence electrons. The Morgan fingerprint density at radius 3 is 2.59 bits per heavy atom. The zero-order chi connectivity index (χ0) is 12.7. The fourth-order valence-corrected chi connectivity index (χ4v) is 2.57. The van der Waals surface area contributed by atoms with Gasteiger partial charge in [0, 0.05) is 16.3 Å². The number of carbonyl (C=O) groups is 1. The lowest BCUT2D eigenvalue weighted by Crippen LogP contribution is -2.44. The van der Waals surface area contributed by atoms with Crippen molar-refractivity contribution in [2.24, 2.45) is 0 Å². The molecule has 1 aromatic rings. The van der Waals surface area contributed by atoms with Crippen molar-refractivity contribution in [3.05, 3.63) is 30.3 Å². The van der Waals surface area contributed by atoms with Gasteiger partial charge in [-0.2, -0.15) is 0 Å². The van der Waals surface area contributed by atoms with Gasteiger partial charge >= 0.3 is 0 Å². The lowest BCUT2D eigenvalue weighted by Gasteiger charge is -2.25. The van der Waals surface area contributed by atoms with Crippen LogP contribution >= 0.6 is 23.4 Å². The quantitative estimate of drug-likeness (QED) is 0.635. The number of hydrogen-bond donors (Lipinski definition) is 1. The highest BCUT2D eigenvalue weighted by Gasteiger charge is 2.19. The Bertz CT molecular complexity index is 354. The Kier molecular flexibility index (Phi) is 5.86. The Morgan fingerprint density at radius 1 is 1.35 bits per heavy atom. The summed E-state index contributed by atoms with van der Waals surface area (Å²) in [6.07, 6.45) is 0.774. The van der Waals surface area contributed by atoms with Crippen LogP contribution in [-0.2, 0) is 4.79 Å². The van der Waals surface area contributed by atoms with Crippen LogP contribution in [0.1, 0.15) is 20.3 Å². The van der Waals surface area contributed by atoms with Crippen LogP contribution in [0.25, 0.3) is 0 Å². The van der Waals surface area contributed by atoms with E-state index >= 15 is 0 Å². The average molecular weight is 272 g/mol. The third-order valence-corrected chi connectivity index (χ3v) is 3.51. The van der Waals surface area contributed by atoms with Gasteiger partial charge in [0.15, 0.2) is 0 Å². The molecule has 0 unspecified atom stereocenters. The second-order valence-corrected chi connectivity index (χ2v) is 5.90. The van der Waals surface area contributed by atoms with E-state index < -0.39 is 0 Å². The molecule has 1 amide bonds. The van der Waals surface area contributed by atoms with Crippen molar-refractivity contribution in [2.75, 3.05) is 11.6 Å². The van der Waals surface area contributed by atoms with Crippen LogP contribution < -0.4 is 5.32 Å². The van der Waals surface area contributed by atoms with Gasteiger partial charge in [-0.1, -0.05) is 18.2 Å². The van der Waals surface area contributed by atoms with Gasteiger partial charge < -0.3 is 5.32 Å². The first-order chi connectivity index (χ1) is 8.03. The molecule has 0 heterocycles. The monoisotopic (exact) mass is 271 g/mol. The van der Waals surface area contributed by atoms with E-state index in [2.05, 4.69) is 5.32 Å². The van der Waals surface area contributed by atoms with Crippen LogP contribution in [0, 0.1) is 0 Å². The Labute approximate surface area is 112 Å². The first-order valence-electron chi connectivity index (χ1n) is 5.58. The molecule has 0 saturated heterocycles. The van der Waals surface area contributed by atoms with Crippen LogP contribution in [0.5, 0.6) is 0 Å². The summed E-state index contributed by atoms with van der Waals surface area (Å²) >= 11 is 7.23. The molecule has 4 heteroatoms. The summed E-state index contributed by atoms with van der Waals surface area (Å²) in [6.45, 7) is 3.97. The van der Waals surface area contributed by atoms with Crippen molar-refractivity contribution in [3.63, 3.8) is 0 Å². The summed E-state index contributed by atoms with van der Waals surface area (Å²) in [5.41, 5.74) is -0.226. The van der Waals surface area contributed by atoms with E-state index in [4.69, 9.17) is 11.6 Å². The molecule has 1 rings (SSSR count). The number of thioether (sulfide) groups is 1. The zero-order valence-corrected chi connectivity index (χ0v) is 11.8. The largest absolute Gasteiger partial charge is 0.350 e. The van der Waals surface area contributed by atoms with Crippen molar-refractivity contribution in [3.8, 4) is 0 Å². The number of nitrogens with one attached hydrogen (secondary N) is 1. The molecule has 2 nitrogen and oxygen atoms in total. The molecule has 0 radical (unpaired) electrons. The molecule has 0 bridgehead atoms. The second kappa shape index (κ2) is 6.92. The zero-order valence-electron chi connectivity index (χ0n) is 10.2. The van der Waals surface area contributed by atoms with E-state index in [1.807, 2.05) is 44.2 Å². The lowest BCUT2D eigenvalue weighted by molar-refractivity contribution is -0.120. The maximum absolute atomic E-state index is 11.7. The number of alkyl halides is 1. The molecule has 0 aliphatic carbocycles. The SMILES string of the molecule is CC(C)(CCCl)NC(=O)CSc1ccccc1. The summed E-state index contributed by atoms with van der Waals surface area (Å²) in [5.74, 6) is 1.04. The van der Waals surface area contributed by atoms with Crippen molar-refractivity contribution < 1.29 is 4.79 Å². The maximum atomic E-state index is 11.7. The minimum Gasteiger partial charge on any atom is -0.350 e. The summed E-state index contributed by atoms with van der Waals surface area (Å²) in [5, 5.41) is 2.98. The molecule has 0 aromatic heterocycles.